The first-order valence-electron chi connectivity index (χ1n) is 6.43. The summed E-state index contributed by atoms with van der Waals surface area (Å²) in [6.45, 7) is 3.88. The molecule has 2 aromatic carbocycles. The lowest BCUT2D eigenvalue weighted by Crippen LogP contribution is -2.05. The molecule has 0 bridgehead atoms. The molecule has 2 rings (SSSR count). The van der Waals surface area contributed by atoms with E-state index in [1.165, 1.54) is 0 Å². The number of benzene rings is 2. The number of hydrogen-bond acceptors (Lipinski definition) is 1. The van der Waals surface area contributed by atoms with Crippen LogP contribution in [0.1, 0.15) is 29.8 Å². The van der Waals surface area contributed by atoms with Gasteiger partial charge in [-0.2, -0.15) is 0 Å². The van der Waals surface area contributed by atoms with Gasteiger partial charge in [0.2, 0.25) is 0 Å². The van der Waals surface area contributed by atoms with Gasteiger partial charge >= 0.3 is 0 Å². The SMILES string of the molecule is CC(C)Oc1ccc(C(Br)c2cc(F)c(Cl)cc2F)cc1. The van der Waals surface area contributed by atoms with Gasteiger partial charge in [0.1, 0.15) is 17.4 Å². The average Bonchev–Trinajstić information content (AvgIpc) is 2.42. The number of hydrogen-bond donors (Lipinski definition) is 0. The van der Waals surface area contributed by atoms with E-state index in [1.807, 2.05) is 26.0 Å². The van der Waals surface area contributed by atoms with Crippen molar-refractivity contribution in [1.29, 1.82) is 0 Å². The van der Waals surface area contributed by atoms with Crippen molar-refractivity contribution in [2.75, 3.05) is 0 Å². The standard InChI is InChI=1S/C16H14BrClF2O/c1-9(2)21-11-5-3-10(4-6-11)16(17)12-7-15(20)13(18)8-14(12)19/h3-9,16H,1-2H3. The molecule has 0 N–H and O–H groups in total. The molecule has 0 aliphatic carbocycles. The van der Waals surface area contributed by atoms with E-state index in [0.717, 1.165) is 23.4 Å². The summed E-state index contributed by atoms with van der Waals surface area (Å²) in [4.78, 5) is -0.461. The van der Waals surface area contributed by atoms with Crippen molar-refractivity contribution < 1.29 is 13.5 Å². The monoisotopic (exact) mass is 374 g/mol. The normalized spacial score (nSPS) is 12.5. The van der Waals surface area contributed by atoms with Crippen LogP contribution < -0.4 is 4.74 Å². The molecule has 0 amide bonds. The first kappa shape index (κ1) is 16.2. The van der Waals surface area contributed by atoms with Gasteiger partial charge in [-0.05, 0) is 43.7 Å². The van der Waals surface area contributed by atoms with Gasteiger partial charge in [-0.1, -0.05) is 39.7 Å². The second kappa shape index (κ2) is 6.75. The molecule has 0 aromatic heterocycles. The minimum atomic E-state index is -0.641. The first-order chi connectivity index (χ1) is 9.88. The summed E-state index contributed by atoms with van der Waals surface area (Å²) in [5, 5.41) is -0.225. The highest BCUT2D eigenvalue weighted by Crippen LogP contribution is 2.35. The molecule has 0 saturated carbocycles. The topological polar surface area (TPSA) is 9.23 Å². The smallest absolute Gasteiger partial charge is 0.142 e. The predicted octanol–water partition coefficient (Wildman–Crippen LogP) is 5.89. The van der Waals surface area contributed by atoms with Gasteiger partial charge in [-0.3, -0.25) is 0 Å². The second-order valence-electron chi connectivity index (χ2n) is 4.89. The van der Waals surface area contributed by atoms with Crippen LogP contribution in [0, 0.1) is 11.6 Å². The third kappa shape index (κ3) is 3.95. The maximum atomic E-state index is 13.9. The third-order valence-electron chi connectivity index (χ3n) is 2.86. The van der Waals surface area contributed by atoms with Crippen LogP contribution in [0.2, 0.25) is 5.02 Å². The van der Waals surface area contributed by atoms with Crippen LogP contribution in [0.25, 0.3) is 0 Å². The van der Waals surface area contributed by atoms with E-state index >= 15 is 0 Å². The molecule has 5 heteroatoms. The Kier molecular flexibility index (Phi) is 5.22. The van der Waals surface area contributed by atoms with Crippen LogP contribution in [0.15, 0.2) is 36.4 Å². The van der Waals surface area contributed by atoms with Gasteiger partial charge in [0.05, 0.1) is 16.0 Å². The Morgan fingerprint density at radius 1 is 1.05 bits per heavy atom. The van der Waals surface area contributed by atoms with E-state index in [0.29, 0.717) is 0 Å². The molecule has 0 aliphatic rings. The molecule has 112 valence electrons. The van der Waals surface area contributed by atoms with Crippen molar-refractivity contribution >= 4 is 27.5 Å². The van der Waals surface area contributed by atoms with E-state index < -0.39 is 16.5 Å². The average molecular weight is 376 g/mol. The molecule has 1 nitrogen and oxygen atoms in total. The van der Waals surface area contributed by atoms with E-state index in [9.17, 15) is 8.78 Å². The summed E-state index contributed by atoms with van der Waals surface area (Å²) in [7, 11) is 0. The molecule has 0 saturated heterocycles. The molecular formula is C16H14BrClF2O. The molecule has 0 radical (unpaired) electrons. The number of halogens is 4. The van der Waals surface area contributed by atoms with Gasteiger partial charge in [0.15, 0.2) is 0 Å². The van der Waals surface area contributed by atoms with Gasteiger partial charge in [-0.15, -0.1) is 0 Å². The first-order valence-corrected chi connectivity index (χ1v) is 7.73. The number of ether oxygens (including phenoxy) is 1. The summed E-state index contributed by atoms with van der Waals surface area (Å²) >= 11 is 8.95. The fraction of sp³-hybridized carbons (Fsp3) is 0.250. The Hall–Kier alpha value is -1.13. The largest absolute Gasteiger partial charge is 0.491 e. The van der Waals surface area contributed by atoms with Gasteiger partial charge in [0, 0.05) is 5.56 Å². The molecule has 0 aliphatic heterocycles. The van der Waals surface area contributed by atoms with Crippen LogP contribution in [0.4, 0.5) is 8.78 Å². The zero-order valence-electron chi connectivity index (χ0n) is 11.5. The van der Waals surface area contributed by atoms with Crippen LogP contribution in [0.5, 0.6) is 5.75 Å². The maximum absolute atomic E-state index is 13.9. The van der Waals surface area contributed by atoms with Crippen molar-refractivity contribution in [1.82, 2.24) is 0 Å². The molecule has 1 unspecified atom stereocenters. The van der Waals surface area contributed by atoms with E-state index in [1.54, 1.807) is 12.1 Å². The lowest BCUT2D eigenvalue weighted by atomic mass is 10.0. The molecule has 0 heterocycles. The van der Waals surface area contributed by atoms with Crippen LogP contribution in [0.3, 0.4) is 0 Å². The minimum Gasteiger partial charge on any atom is -0.491 e. The van der Waals surface area contributed by atoms with Crippen molar-refractivity contribution in [3.63, 3.8) is 0 Å². The molecule has 1 atom stereocenters. The van der Waals surface area contributed by atoms with Gasteiger partial charge in [0.25, 0.3) is 0 Å². The summed E-state index contributed by atoms with van der Waals surface area (Å²) in [5.74, 6) is -0.459. The Labute approximate surface area is 136 Å². The minimum absolute atomic E-state index is 0.0819. The van der Waals surface area contributed by atoms with Crippen LogP contribution in [-0.4, -0.2) is 6.10 Å². The van der Waals surface area contributed by atoms with Crippen LogP contribution >= 0.6 is 27.5 Å². The highest BCUT2D eigenvalue weighted by molar-refractivity contribution is 9.09. The Morgan fingerprint density at radius 2 is 1.67 bits per heavy atom. The summed E-state index contributed by atoms with van der Waals surface area (Å²) in [6.07, 6.45) is 0.0819. The lowest BCUT2D eigenvalue weighted by molar-refractivity contribution is 0.242. The van der Waals surface area contributed by atoms with Crippen molar-refractivity contribution in [3.8, 4) is 5.75 Å². The Bertz CT molecular complexity index is 629. The van der Waals surface area contributed by atoms with Crippen LogP contribution in [-0.2, 0) is 0 Å². The van der Waals surface area contributed by atoms with Crippen molar-refractivity contribution in [2.45, 2.75) is 24.8 Å². The van der Waals surface area contributed by atoms with E-state index in [-0.39, 0.29) is 16.7 Å². The fourth-order valence-corrected chi connectivity index (χ4v) is 2.71. The fourth-order valence-electron chi connectivity index (χ4n) is 1.90. The number of rotatable bonds is 4. The quantitative estimate of drug-likeness (QED) is 0.478. The highest BCUT2D eigenvalue weighted by Gasteiger charge is 2.17. The lowest BCUT2D eigenvalue weighted by Gasteiger charge is -2.14. The molecule has 0 spiro atoms. The molecular weight excluding hydrogens is 362 g/mol. The van der Waals surface area contributed by atoms with Gasteiger partial charge < -0.3 is 4.74 Å². The van der Waals surface area contributed by atoms with Crippen molar-refractivity contribution in [3.05, 3.63) is 64.2 Å². The van der Waals surface area contributed by atoms with Crippen molar-refractivity contribution in [2.24, 2.45) is 0 Å². The third-order valence-corrected chi connectivity index (χ3v) is 4.17. The van der Waals surface area contributed by atoms with E-state index in [4.69, 9.17) is 16.3 Å². The highest BCUT2D eigenvalue weighted by atomic mass is 79.9. The predicted molar refractivity (Wildman–Crippen MR) is 84.3 cm³/mol. The molecule has 2 aromatic rings. The Balaban J connectivity index is 2.27. The molecule has 0 fully saturated rings. The summed E-state index contributed by atoms with van der Waals surface area (Å²) in [5.41, 5.74) is 1.00. The molecule has 21 heavy (non-hydrogen) atoms. The van der Waals surface area contributed by atoms with Gasteiger partial charge in [-0.25, -0.2) is 8.78 Å². The van der Waals surface area contributed by atoms with E-state index in [2.05, 4.69) is 15.9 Å². The zero-order valence-corrected chi connectivity index (χ0v) is 13.9. The summed E-state index contributed by atoms with van der Waals surface area (Å²) < 4.78 is 33.0. The Morgan fingerprint density at radius 3 is 2.24 bits per heavy atom. The maximum Gasteiger partial charge on any atom is 0.142 e. The number of alkyl halides is 1. The summed E-state index contributed by atoms with van der Waals surface area (Å²) in [6, 6.07) is 9.31. The second-order valence-corrected chi connectivity index (χ2v) is 6.21. The zero-order chi connectivity index (χ0) is 15.6.